The molecule has 156 valence electrons. The number of halogens is 1. The van der Waals surface area contributed by atoms with Gasteiger partial charge in [0, 0.05) is 49.9 Å². The molecular formula is C20H27ClN6OS. The molecule has 1 aromatic carbocycles. The number of likely N-dealkylation sites (N-methyl/N-ethyl adjacent to an activating group) is 1. The monoisotopic (exact) mass is 434 g/mol. The Morgan fingerprint density at radius 1 is 1.10 bits per heavy atom. The largest absolute Gasteiger partial charge is 0.339 e. The molecule has 2 fully saturated rings. The highest BCUT2D eigenvalue weighted by Gasteiger charge is 2.40. The Bertz CT molecular complexity index is 939. The van der Waals surface area contributed by atoms with Crippen molar-refractivity contribution < 1.29 is 4.79 Å². The fourth-order valence-electron chi connectivity index (χ4n) is 4.29. The second kappa shape index (κ2) is 8.55. The van der Waals surface area contributed by atoms with Crippen LogP contribution >= 0.6 is 23.8 Å². The minimum Gasteiger partial charge on any atom is -0.339 e. The Morgan fingerprint density at radius 2 is 1.86 bits per heavy atom. The Balaban J connectivity index is 1.64. The van der Waals surface area contributed by atoms with Crippen LogP contribution < -0.4 is 0 Å². The minimum absolute atomic E-state index is 0.192. The lowest BCUT2D eigenvalue weighted by molar-refractivity contribution is -0.156. The van der Waals surface area contributed by atoms with Crippen molar-refractivity contribution in [3.05, 3.63) is 34.1 Å². The summed E-state index contributed by atoms with van der Waals surface area (Å²) in [4.78, 5) is 19.5. The van der Waals surface area contributed by atoms with Crippen LogP contribution in [0.25, 0.3) is 11.4 Å². The molecule has 0 radical (unpaired) electrons. The molecule has 3 heterocycles. The van der Waals surface area contributed by atoms with Crippen LogP contribution in [0.1, 0.15) is 20.3 Å². The zero-order chi connectivity index (χ0) is 20.5. The third kappa shape index (κ3) is 3.86. The van der Waals surface area contributed by atoms with Crippen molar-refractivity contribution in [3.63, 3.8) is 0 Å². The molecule has 2 aliphatic heterocycles. The van der Waals surface area contributed by atoms with Crippen molar-refractivity contribution in [1.82, 2.24) is 29.0 Å². The lowest BCUT2D eigenvalue weighted by atomic mass is 10.1. The number of benzene rings is 1. The number of amides is 1. The summed E-state index contributed by atoms with van der Waals surface area (Å²) in [6.07, 6.45) is 0.826. The SMILES string of the molecule is CCN1CCN2CCCN(Cn3nc(-c4ccc(Cl)cc4)n(CC)c3=S)[C@@H]2C1=O. The quantitative estimate of drug-likeness (QED) is 0.677. The van der Waals surface area contributed by atoms with Gasteiger partial charge in [0.2, 0.25) is 0 Å². The van der Waals surface area contributed by atoms with Crippen molar-refractivity contribution in [2.24, 2.45) is 0 Å². The molecular weight excluding hydrogens is 408 g/mol. The van der Waals surface area contributed by atoms with E-state index < -0.39 is 0 Å². The van der Waals surface area contributed by atoms with E-state index in [1.54, 1.807) is 0 Å². The summed E-state index contributed by atoms with van der Waals surface area (Å²) in [5.41, 5.74) is 0.979. The molecule has 2 saturated heterocycles. The molecule has 4 rings (SSSR count). The highest BCUT2D eigenvalue weighted by Crippen LogP contribution is 2.24. The average molecular weight is 435 g/mol. The molecule has 9 heteroatoms. The number of carbonyl (C=O) groups excluding carboxylic acids is 1. The molecule has 1 atom stereocenters. The van der Waals surface area contributed by atoms with Gasteiger partial charge in [-0.25, -0.2) is 4.68 Å². The van der Waals surface area contributed by atoms with Gasteiger partial charge >= 0.3 is 0 Å². The zero-order valence-corrected chi connectivity index (χ0v) is 18.5. The number of hydrogen-bond acceptors (Lipinski definition) is 5. The van der Waals surface area contributed by atoms with Crippen LogP contribution in [-0.4, -0.2) is 73.8 Å². The van der Waals surface area contributed by atoms with Crippen LogP contribution in [0.2, 0.25) is 5.02 Å². The molecule has 29 heavy (non-hydrogen) atoms. The number of fused-ring (bicyclic) bond motifs is 1. The van der Waals surface area contributed by atoms with E-state index in [-0.39, 0.29) is 12.1 Å². The first-order chi connectivity index (χ1) is 14.0. The van der Waals surface area contributed by atoms with Gasteiger partial charge in [0.05, 0.1) is 6.67 Å². The second-order valence-corrected chi connectivity index (χ2v) is 8.29. The van der Waals surface area contributed by atoms with Crippen LogP contribution in [0.15, 0.2) is 24.3 Å². The molecule has 0 saturated carbocycles. The maximum absolute atomic E-state index is 13.0. The summed E-state index contributed by atoms with van der Waals surface area (Å²) in [7, 11) is 0. The fourth-order valence-corrected chi connectivity index (χ4v) is 4.73. The van der Waals surface area contributed by atoms with E-state index in [9.17, 15) is 4.79 Å². The van der Waals surface area contributed by atoms with Crippen LogP contribution in [-0.2, 0) is 18.0 Å². The van der Waals surface area contributed by atoms with Crippen LogP contribution in [0.4, 0.5) is 0 Å². The number of nitrogens with zero attached hydrogens (tertiary/aromatic N) is 6. The normalized spacial score (nSPS) is 20.9. The average Bonchev–Trinajstić information content (AvgIpc) is 3.04. The van der Waals surface area contributed by atoms with E-state index in [0.29, 0.717) is 16.5 Å². The number of rotatable bonds is 5. The summed E-state index contributed by atoms with van der Waals surface area (Å²) in [6.45, 7) is 9.66. The van der Waals surface area contributed by atoms with Gasteiger partial charge in [0.25, 0.3) is 5.91 Å². The molecule has 2 aliphatic rings. The molecule has 2 aromatic rings. The number of carbonyl (C=O) groups is 1. The van der Waals surface area contributed by atoms with Gasteiger partial charge in [-0.3, -0.25) is 14.6 Å². The lowest BCUT2D eigenvalue weighted by Crippen LogP contribution is -2.66. The van der Waals surface area contributed by atoms with Gasteiger partial charge in [-0.1, -0.05) is 11.6 Å². The van der Waals surface area contributed by atoms with Crippen molar-refractivity contribution >= 4 is 29.7 Å². The predicted molar refractivity (Wildman–Crippen MR) is 116 cm³/mol. The van der Waals surface area contributed by atoms with Gasteiger partial charge in [0.15, 0.2) is 10.6 Å². The third-order valence-electron chi connectivity index (χ3n) is 5.81. The Morgan fingerprint density at radius 3 is 2.55 bits per heavy atom. The van der Waals surface area contributed by atoms with Crippen LogP contribution in [0.3, 0.4) is 0 Å². The second-order valence-electron chi connectivity index (χ2n) is 7.49. The summed E-state index contributed by atoms with van der Waals surface area (Å²) in [5.74, 6) is 1.02. The van der Waals surface area contributed by atoms with E-state index in [1.807, 2.05) is 45.3 Å². The standard InChI is InChI=1S/C20H27ClN6OS/c1-3-23-12-13-24-10-5-11-25(18(24)19(23)28)14-27-20(29)26(4-2)17(22-27)15-6-8-16(21)9-7-15/h6-9,18H,3-5,10-14H2,1-2H3/t18-/m1/s1. The molecule has 0 aliphatic carbocycles. The van der Waals surface area contributed by atoms with E-state index >= 15 is 0 Å². The lowest BCUT2D eigenvalue weighted by Gasteiger charge is -2.48. The number of piperazine rings is 1. The van der Waals surface area contributed by atoms with Crippen molar-refractivity contribution in [3.8, 4) is 11.4 Å². The summed E-state index contributed by atoms with van der Waals surface area (Å²) >= 11 is 11.8. The fraction of sp³-hybridized carbons (Fsp3) is 0.550. The third-order valence-corrected chi connectivity index (χ3v) is 6.49. The smallest absolute Gasteiger partial charge is 0.255 e. The molecule has 7 nitrogen and oxygen atoms in total. The van der Waals surface area contributed by atoms with E-state index in [4.69, 9.17) is 28.9 Å². The zero-order valence-electron chi connectivity index (χ0n) is 16.9. The Hall–Kier alpha value is -1.74. The van der Waals surface area contributed by atoms with Gasteiger partial charge in [0.1, 0.15) is 6.17 Å². The first-order valence-corrected chi connectivity index (χ1v) is 11.0. The molecule has 0 unspecified atom stereocenters. The summed E-state index contributed by atoms with van der Waals surface area (Å²) < 4.78 is 4.55. The predicted octanol–water partition coefficient (Wildman–Crippen LogP) is 2.91. The van der Waals surface area contributed by atoms with Gasteiger partial charge in [-0.05, 0) is 56.8 Å². The van der Waals surface area contributed by atoms with Crippen molar-refractivity contribution in [2.75, 3.05) is 32.7 Å². The molecule has 1 amide bonds. The highest BCUT2D eigenvalue weighted by molar-refractivity contribution is 7.71. The maximum Gasteiger partial charge on any atom is 0.255 e. The van der Waals surface area contributed by atoms with E-state index in [1.165, 1.54) is 0 Å². The first-order valence-electron chi connectivity index (χ1n) is 10.2. The Kier molecular flexibility index (Phi) is 6.06. The van der Waals surface area contributed by atoms with E-state index in [0.717, 1.165) is 57.1 Å². The van der Waals surface area contributed by atoms with Crippen molar-refractivity contribution in [1.29, 1.82) is 0 Å². The first kappa shape index (κ1) is 20.5. The summed E-state index contributed by atoms with van der Waals surface area (Å²) in [5, 5.41) is 5.52. The highest BCUT2D eigenvalue weighted by atomic mass is 35.5. The van der Waals surface area contributed by atoms with Crippen LogP contribution in [0.5, 0.6) is 0 Å². The molecule has 1 aromatic heterocycles. The van der Waals surface area contributed by atoms with Crippen LogP contribution in [0, 0.1) is 4.77 Å². The molecule has 0 bridgehead atoms. The van der Waals surface area contributed by atoms with Crippen molar-refractivity contribution in [2.45, 2.75) is 39.6 Å². The van der Waals surface area contributed by atoms with Gasteiger partial charge in [-0.2, -0.15) is 5.10 Å². The van der Waals surface area contributed by atoms with E-state index in [2.05, 4.69) is 16.7 Å². The molecule has 0 spiro atoms. The van der Waals surface area contributed by atoms with Gasteiger partial charge < -0.3 is 9.47 Å². The maximum atomic E-state index is 13.0. The Labute approximate surface area is 181 Å². The number of aromatic nitrogens is 3. The summed E-state index contributed by atoms with van der Waals surface area (Å²) in [6, 6.07) is 7.65. The molecule has 0 N–H and O–H groups in total. The number of hydrogen-bond donors (Lipinski definition) is 0. The topological polar surface area (TPSA) is 49.5 Å². The minimum atomic E-state index is -0.217. The van der Waals surface area contributed by atoms with Gasteiger partial charge in [-0.15, -0.1) is 0 Å².